The molecule has 2 aliphatic heterocycles. The summed E-state index contributed by atoms with van der Waals surface area (Å²) < 4.78 is 25.5. The summed E-state index contributed by atoms with van der Waals surface area (Å²) >= 11 is 0. The monoisotopic (exact) mass is 803 g/mol. The molecule has 0 radical (unpaired) electrons. The van der Waals surface area contributed by atoms with Crippen molar-refractivity contribution in [3.63, 3.8) is 0 Å². The molecule has 58 heavy (non-hydrogen) atoms. The van der Waals surface area contributed by atoms with Crippen LogP contribution in [0.2, 0.25) is 0 Å². The molecule has 0 bridgehead atoms. The highest BCUT2D eigenvalue weighted by Gasteiger charge is 2.35. The van der Waals surface area contributed by atoms with Gasteiger partial charge in [0.05, 0.1) is 38.6 Å². The summed E-state index contributed by atoms with van der Waals surface area (Å²) in [7, 11) is 0. The molecule has 2 saturated heterocycles. The summed E-state index contributed by atoms with van der Waals surface area (Å²) in [5, 5.41) is 0. The molecule has 0 amide bonds. The molecule has 4 unspecified atom stereocenters. The summed E-state index contributed by atoms with van der Waals surface area (Å²) in [6, 6.07) is 10.1. The van der Waals surface area contributed by atoms with Gasteiger partial charge in [-0.05, 0) is 122 Å². The van der Waals surface area contributed by atoms with E-state index in [4.69, 9.17) is 18.9 Å². The highest BCUT2D eigenvalue weighted by Crippen LogP contribution is 2.46. The SMILES string of the molecule is CCCCC(CCCOc1c(C(C)(C)CC)cc(CCc2cc(C(C)(C)CC)c(OCCCC(CCCC)C3CO3)c(C(C)(C)CC)c2)cc1C(C)(C)CC)C1CO1. The van der Waals surface area contributed by atoms with Crippen LogP contribution in [-0.2, 0) is 44.0 Å². The molecule has 0 spiro atoms. The van der Waals surface area contributed by atoms with Crippen LogP contribution in [0.4, 0.5) is 0 Å². The van der Waals surface area contributed by atoms with Crippen molar-refractivity contribution in [3.8, 4) is 11.5 Å². The van der Waals surface area contributed by atoms with E-state index >= 15 is 0 Å². The third-order valence-corrected chi connectivity index (χ3v) is 15.0. The molecular weight excluding hydrogens is 713 g/mol. The fourth-order valence-corrected chi connectivity index (χ4v) is 8.70. The lowest BCUT2D eigenvalue weighted by Crippen LogP contribution is -2.24. The Kier molecular flexibility index (Phi) is 18.2. The van der Waals surface area contributed by atoms with Gasteiger partial charge < -0.3 is 18.9 Å². The number of epoxide rings is 2. The molecular formula is C54H90O4. The van der Waals surface area contributed by atoms with Gasteiger partial charge in [-0.25, -0.2) is 0 Å². The molecule has 4 atom stereocenters. The first-order chi connectivity index (χ1) is 27.5. The second kappa shape index (κ2) is 21.7. The van der Waals surface area contributed by atoms with Crippen LogP contribution in [0.1, 0.15) is 220 Å². The van der Waals surface area contributed by atoms with Gasteiger partial charge in [0.2, 0.25) is 0 Å². The maximum Gasteiger partial charge on any atom is 0.126 e. The van der Waals surface area contributed by atoms with Gasteiger partial charge >= 0.3 is 0 Å². The second-order valence-electron chi connectivity index (χ2n) is 21.0. The minimum absolute atomic E-state index is 0.00670. The predicted molar refractivity (Wildman–Crippen MR) is 249 cm³/mol. The summed E-state index contributed by atoms with van der Waals surface area (Å²) in [5.41, 5.74) is 8.41. The molecule has 2 fully saturated rings. The van der Waals surface area contributed by atoms with Crippen molar-refractivity contribution < 1.29 is 18.9 Å². The second-order valence-corrected chi connectivity index (χ2v) is 21.0. The van der Waals surface area contributed by atoms with Gasteiger partial charge in [0.1, 0.15) is 11.5 Å². The lowest BCUT2D eigenvalue weighted by Gasteiger charge is -2.34. The smallest absolute Gasteiger partial charge is 0.126 e. The van der Waals surface area contributed by atoms with Gasteiger partial charge in [-0.3, -0.25) is 0 Å². The Morgan fingerprint density at radius 1 is 0.483 bits per heavy atom. The minimum atomic E-state index is 0.00670. The van der Waals surface area contributed by atoms with Crippen LogP contribution in [0.15, 0.2) is 24.3 Å². The van der Waals surface area contributed by atoms with Crippen LogP contribution in [0.5, 0.6) is 11.5 Å². The number of hydrogen-bond acceptors (Lipinski definition) is 4. The summed E-state index contributed by atoms with van der Waals surface area (Å²) in [6.07, 6.45) is 19.4. The van der Waals surface area contributed by atoms with E-state index in [0.717, 1.165) is 89.3 Å². The largest absolute Gasteiger partial charge is 0.493 e. The van der Waals surface area contributed by atoms with Crippen LogP contribution in [0.3, 0.4) is 0 Å². The van der Waals surface area contributed by atoms with Crippen molar-refractivity contribution >= 4 is 0 Å². The van der Waals surface area contributed by atoms with Crippen molar-refractivity contribution in [1.82, 2.24) is 0 Å². The first-order valence-electron chi connectivity index (χ1n) is 24.3. The number of aryl methyl sites for hydroxylation is 2. The van der Waals surface area contributed by atoms with Crippen LogP contribution < -0.4 is 9.47 Å². The van der Waals surface area contributed by atoms with Crippen LogP contribution >= 0.6 is 0 Å². The van der Waals surface area contributed by atoms with Gasteiger partial charge in [0, 0.05) is 22.3 Å². The van der Waals surface area contributed by atoms with Crippen LogP contribution in [-0.4, -0.2) is 38.6 Å². The van der Waals surface area contributed by atoms with Gasteiger partial charge in [-0.2, -0.15) is 0 Å². The van der Waals surface area contributed by atoms with E-state index in [9.17, 15) is 0 Å². The van der Waals surface area contributed by atoms with E-state index in [2.05, 4.69) is 121 Å². The molecule has 2 aromatic rings. The normalized spacial score (nSPS) is 18.3. The Hall–Kier alpha value is -2.04. The zero-order valence-electron chi connectivity index (χ0n) is 40.4. The maximum atomic E-state index is 6.99. The third kappa shape index (κ3) is 13.2. The Balaban J connectivity index is 1.65. The quantitative estimate of drug-likeness (QED) is 0.0607. The molecule has 2 aliphatic rings. The van der Waals surface area contributed by atoms with Gasteiger partial charge in [0.25, 0.3) is 0 Å². The average Bonchev–Trinajstić information content (AvgIpc) is 4.15. The average molecular weight is 803 g/mol. The van der Waals surface area contributed by atoms with E-state index in [-0.39, 0.29) is 21.7 Å². The molecule has 0 aliphatic carbocycles. The van der Waals surface area contributed by atoms with E-state index in [1.165, 1.54) is 84.7 Å². The number of hydrogen-bond donors (Lipinski definition) is 0. The van der Waals surface area contributed by atoms with Gasteiger partial charge in [-0.1, -0.05) is 147 Å². The lowest BCUT2D eigenvalue weighted by atomic mass is 9.73. The fraction of sp³-hybridized carbons (Fsp3) is 0.778. The Morgan fingerprint density at radius 2 is 0.759 bits per heavy atom. The first kappa shape index (κ1) is 48.6. The predicted octanol–water partition coefficient (Wildman–Crippen LogP) is 15.0. The van der Waals surface area contributed by atoms with Crippen LogP contribution in [0.25, 0.3) is 0 Å². The molecule has 4 heteroatoms. The minimum Gasteiger partial charge on any atom is -0.493 e. The molecule has 4 nitrogen and oxygen atoms in total. The molecule has 0 saturated carbocycles. The molecule has 0 N–H and O–H groups in total. The number of unbranched alkanes of at least 4 members (excludes halogenated alkanes) is 2. The zero-order valence-corrected chi connectivity index (χ0v) is 40.4. The fourth-order valence-electron chi connectivity index (χ4n) is 8.70. The van der Waals surface area contributed by atoms with E-state index < -0.39 is 0 Å². The number of rotatable bonds is 29. The topological polar surface area (TPSA) is 43.5 Å². The summed E-state index contributed by atoms with van der Waals surface area (Å²) in [5.74, 6) is 3.65. The molecule has 330 valence electrons. The first-order valence-corrected chi connectivity index (χ1v) is 24.3. The van der Waals surface area contributed by atoms with Gasteiger partial charge in [0.15, 0.2) is 0 Å². The highest BCUT2D eigenvalue weighted by atomic mass is 16.6. The van der Waals surface area contributed by atoms with Gasteiger partial charge in [-0.15, -0.1) is 0 Å². The third-order valence-electron chi connectivity index (χ3n) is 15.0. The van der Waals surface area contributed by atoms with Crippen molar-refractivity contribution in [2.24, 2.45) is 11.8 Å². The van der Waals surface area contributed by atoms with E-state index in [0.29, 0.717) is 24.0 Å². The molecule has 2 heterocycles. The molecule has 0 aromatic heterocycles. The summed E-state index contributed by atoms with van der Waals surface area (Å²) in [4.78, 5) is 0. The van der Waals surface area contributed by atoms with Crippen molar-refractivity contribution in [1.29, 1.82) is 0 Å². The molecule has 4 rings (SSSR count). The maximum absolute atomic E-state index is 6.99. The standard InChI is InChI=1S/C54H90O4/c1-15-21-25-41(47-37-57-47)27-23-31-55-49-43(51(7,8)17-3)33-39(34-44(49)52(9,10)18-4)29-30-40-35-45(53(11,12)19-5)50(46(36-40)54(13,14)20-6)56-32-24-28-42(26-22-16-2)48-38-58-48/h33-36,41-42,47-48H,15-32,37-38H2,1-14H3. The zero-order chi connectivity index (χ0) is 42.7. The van der Waals surface area contributed by atoms with Crippen LogP contribution in [0, 0.1) is 11.8 Å². The Labute approximate surface area is 358 Å². The Bertz CT molecular complexity index is 1350. The highest BCUT2D eigenvalue weighted by molar-refractivity contribution is 5.53. The van der Waals surface area contributed by atoms with E-state index in [1.54, 1.807) is 0 Å². The number of ether oxygens (including phenoxy) is 4. The molecule has 2 aromatic carbocycles. The number of benzene rings is 2. The van der Waals surface area contributed by atoms with Crippen molar-refractivity contribution in [2.75, 3.05) is 26.4 Å². The Morgan fingerprint density at radius 3 is 1.00 bits per heavy atom. The van der Waals surface area contributed by atoms with Crippen molar-refractivity contribution in [3.05, 3.63) is 57.6 Å². The van der Waals surface area contributed by atoms with E-state index in [1.807, 2.05) is 0 Å². The summed E-state index contributed by atoms with van der Waals surface area (Å²) in [6.45, 7) is 36.6. The lowest BCUT2D eigenvalue weighted by molar-refractivity contribution is 0.249. The van der Waals surface area contributed by atoms with Crippen molar-refractivity contribution in [2.45, 2.75) is 234 Å².